The zero-order valence-electron chi connectivity index (χ0n) is 14.0. The number of thiophene rings is 1. The van der Waals surface area contributed by atoms with Gasteiger partial charge in [0.15, 0.2) is 0 Å². The molecule has 1 aromatic heterocycles. The minimum Gasteiger partial charge on any atom is -0.339 e. The van der Waals surface area contributed by atoms with E-state index < -0.39 is 0 Å². The first-order chi connectivity index (χ1) is 11.8. The number of hydrogen-bond acceptors (Lipinski definition) is 3. The number of carbonyl (C=O) groups is 1. The summed E-state index contributed by atoms with van der Waals surface area (Å²) in [7, 11) is 0. The monoisotopic (exact) mass is 340 g/mol. The van der Waals surface area contributed by atoms with E-state index in [2.05, 4.69) is 29.2 Å². The van der Waals surface area contributed by atoms with Crippen molar-refractivity contribution in [1.29, 1.82) is 0 Å². The molecule has 0 N–H and O–H groups in total. The van der Waals surface area contributed by atoms with E-state index in [1.807, 2.05) is 21.7 Å². The smallest absolute Gasteiger partial charge is 0.254 e. The van der Waals surface area contributed by atoms with Gasteiger partial charge in [0.25, 0.3) is 5.91 Å². The molecule has 0 aliphatic carbocycles. The average Bonchev–Trinajstić information content (AvgIpc) is 3.16. The largest absolute Gasteiger partial charge is 0.339 e. The van der Waals surface area contributed by atoms with E-state index in [9.17, 15) is 4.79 Å². The topological polar surface area (TPSA) is 23.6 Å². The lowest BCUT2D eigenvalue weighted by molar-refractivity contribution is 0.0663. The van der Waals surface area contributed by atoms with Gasteiger partial charge in [0.2, 0.25) is 0 Å². The van der Waals surface area contributed by atoms with Crippen LogP contribution in [0, 0.1) is 5.92 Å². The Balaban J connectivity index is 1.29. The third-order valence-electron chi connectivity index (χ3n) is 5.40. The van der Waals surface area contributed by atoms with E-state index in [-0.39, 0.29) is 5.91 Å². The van der Waals surface area contributed by atoms with Crippen LogP contribution in [-0.2, 0) is 13.0 Å². The van der Waals surface area contributed by atoms with Gasteiger partial charge in [-0.1, -0.05) is 24.3 Å². The molecule has 3 nitrogen and oxygen atoms in total. The molecule has 0 spiro atoms. The molecule has 1 amide bonds. The van der Waals surface area contributed by atoms with Gasteiger partial charge < -0.3 is 4.90 Å². The minimum absolute atomic E-state index is 0.210. The second-order valence-corrected chi connectivity index (χ2v) is 7.78. The SMILES string of the molecule is O=C(c1ccsc1)N1CCC(CN2CCc3ccccc3C2)CC1. The van der Waals surface area contributed by atoms with Crippen LogP contribution in [0.4, 0.5) is 0 Å². The molecule has 4 heteroatoms. The molecule has 24 heavy (non-hydrogen) atoms. The molecule has 0 bridgehead atoms. The first kappa shape index (κ1) is 15.9. The van der Waals surface area contributed by atoms with Crippen LogP contribution in [0.3, 0.4) is 0 Å². The summed E-state index contributed by atoms with van der Waals surface area (Å²) in [5.74, 6) is 0.934. The van der Waals surface area contributed by atoms with Crippen molar-refractivity contribution < 1.29 is 4.79 Å². The molecule has 3 heterocycles. The summed E-state index contributed by atoms with van der Waals surface area (Å²) in [6.45, 7) is 5.25. The van der Waals surface area contributed by atoms with E-state index in [0.29, 0.717) is 0 Å². The Labute approximate surface area is 147 Å². The molecule has 0 radical (unpaired) electrons. The van der Waals surface area contributed by atoms with E-state index >= 15 is 0 Å². The van der Waals surface area contributed by atoms with Crippen LogP contribution in [0.25, 0.3) is 0 Å². The fourth-order valence-electron chi connectivity index (χ4n) is 3.96. The third-order valence-corrected chi connectivity index (χ3v) is 6.08. The molecule has 1 aromatic carbocycles. The Morgan fingerprint density at radius 1 is 1.08 bits per heavy atom. The van der Waals surface area contributed by atoms with Crippen molar-refractivity contribution in [2.24, 2.45) is 5.92 Å². The Hall–Kier alpha value is -1.65. The molecule has 4 rings (SSSR count). The number of likely N-dealkylation sites (tertiary alicyclic amines) is 1. The quantitative estimate of drug-likeness (QED) is 0.851. The summed E-state index contributed by atoms with van der Waals surface area (Å²) in [6, 6.07) is 10.8. The molecule has 2 aliphatic heterocycles. The van der Waals surface area contributed by atoms with Gasteiger partial charge in [-0.3, -0.25) is 9.69 Å². The van der Waals surface area contributed by atoms with Crippen molar-refractivity contribution in [3.63, 3.8) is 0 Å². The van der Waals surface area contributed by atoms with Gasteiger partial charge in [0, 0.05) is 38.1 Å². The van der Waals surface area contributed by atoms with Crippen molar-refractivity contribution in [3.05, 3.63) is 57.8 Å². The van der Waals surface area contributed by atoms with Crippen molar-refractivity contribution in [2.75, 3.05) is 26.2 Å². The molecule has 1 saturated heterocycles. The van der Waals surface area contributed by atoms with Crippen LogP contribution in [0.15, 0.2) is 41.1 Å². The van der Waals surface area contributed by atoms with Gasteiger partial charge in [0.05, 0.1) is 5.56 Å². The van der Waals surface area contributed by atoms with Gasteiger partial charge in [-0.15, -0.1) is 0 Å². The van der Waals surface area contributed by atoms with Crippen LogP contribution in [0.5, 0.6) is 0 Å². The van der Waals surface area contributed by atoms with Gasteiger partial charge in [-0.25, -0.2) is 0 Å². The molecule has 1 fully saturated rings. The lowest BCUT2D eigenvalue weighted by Crippen LogP contribution is -2.42. The number of piperidine rings is 1. The molecule has 2 aromatic rings. The van der Waals surface area contributed by atoms with Crippen molar-refractivity contribution >= 4 is 17.2 Å². The zero-order chi connectivity index (χ0) is 16.4. The molecule has 126 valence electrons. The Kier molecular flexibility index (Phi) is 4.67. The normalized spacial score (nSPS) is 19.2. The Morgan fingerprint density at radius 3 is 2.62 bits per heavy atom. The van der Waals surface area contributed by atoms with Gasteiger partial charge >= 0.3 is 0 Å². The van der Waals surface area contributed by atoms with E-state index in [1.165, 1.54) is 30.6 Å². The van der Waals surface area contributed by atoms with Gasteiger partial charge in [0.1, 0.15) is 0 Å². The summed E-state index contributed by atoms with van der Waals surface area (Å²) in [4.78, 5) is 17.0. The van der Waals surface area contributed by atoms with E-state index in [4.69, 9.17) is 0 Å². The van der Waals surface area contributed by atoms with Gasteiger partial charge in [-0.05, 0) is 47.8 Å². The van der Waals surface area contributed by atoms with Crippen LogP contribution in [0.2, 0.25) is 0 Å². The van der Waals surface area contributed by atoms with Crippen LogP contribution >= 0.6 is 11.3 Å². The highest BCUT2D eigenvalue weighted by atomic mass is 32.1. The summed E-state index contributed by atoms with van der Waals surface area (Å²) in [5, 5.41) is 3.94. The molecule has 0 unspecified atom stereocenters. The second-order valence-electron chi connectivity index (χ2n) is 7.00. The highest BCUT2D eigenvalue weighted by Gasteiger charge is 2.26. The molecular formula is C20H24N2OS. The Bertz CT molecular complexity index is 689. The maximum absolute atomic E-state index is 12.4. The third kappa shape index (κ3) is 3.40. The maximum atomic E-state index is 12.4. The summed E-state index contributed by atoms with van der Waals surface area (Å²) < 4.78 is 0. The van der Waals surface area contributed by atoms with E-state index in [1.54, 1.807) is 11.3 Å². The summed E-state index contributed by atoms with van der Waals surface area (Å²) in [5.41, 5.74) is 3.87. The molecule has 2 aliphatic rings. The van der Waals surface area contributed by atoms with Crippen LogP contribution in [-0.4, -0.2) is 41.9 Å². The summed E-state index contributed by atoms with van der Waals surface area (Å²) >= 11 is 1.60. The highest BCUT2D eigenvalue weighted by Crippen LogP contribution is 2.24. The van der Waals surface area contributed by atoms with Gasteiger partial charge in [-0.2, -0.15) is 11.3 Å². The zero-order valence-corrected chi connectivity index (χ0v) is 14.8. The highest BCUT2D eigenvalue weighted by molar-refractivity contribution is 7.08. The predicted molar refractivity (Wildman–Crippen MR) is 98.4 cm³/mol. The Morgan fingerprint density at radius 2 is 1.88 bits per heavy atom. The van der Waals surface area contributed by atoms with Crippen LogP contribution in [0.1, 0.15) is 34.3 Å². The second kappa shape index (κ2) is 7.08. The lowest BCUT2D eigenvalue weighted by Gasteiger charge is -2.36. The van der Waals surface area contributed by atoms with Crippen molar-refractivity contribution in [3.8, 4) is 0 Å². The number of benzene rings is 1. The fourth-order valence-corrected chi connectivity index (χ4v) is 4.59. The number of hydrogen-bond donors (Lipinski definition) is 0. The molecule has 0 atom stereocenters. The number of fused-ring (bicyclic) bond motifs is 1. The standard InChI is InChI=1S/C20H24N2OS/c23-20(19-8-12-24-15-19)22-10-5-16(6-11-22)13-21-9-7-17-3-1-2-4-18(17)14-21/h1-4,8,12,15-16H,5-7,9-11,13-14H2. The maximum Gasteiger partial charge on any atom is 0.254 e. The fraction of sp³-hybridized carbons (Fsp3) is 0.450. The first-order valence-corrected chi connectivity index (χ1v) is 9.84. The number of carbonyl (C=O) groups excluding carboxylic acids is 1. The number of rotatable bonds is 3. The molecule has 0 saturated carbocycles. The number of nitrogens with zero attached hydrogens (tertiary/aromatic N) is 2. The predicted octanol–water partition coefficient (Wildman–Crippen LogP) is 3.66. The average molecular weight is 340 g/mol. The minimum atomic E-state index is 0.210. The van der Waals surface area contributed by atoms with Crippen molar-refractivity contribution in [2.45, 2.75) is 25.8 Å². The van der Waals surface area contributed by atoms with Crippen LogP contribution < -0.4 is 0 Å². The molecular weight excluding hydrogens is 316 g/mol. The first-order valence-electron chi connectivity index (χ1n) is 8.90. The lowest BCUT2D eigenvalue weighted by atomic mass is 9.93. The van der Waals surface area contributed by atoms with E-state index in [0.717, 1.165) is 44.0 Å². The summed E-state index contributed by atoms with van der Waals surface area (Å²) in [6.07, 6.45) is 3.44. The van der Waals surface area contributed by atoms with Crippen molar-refractivity contribution in [1.82, 2.24) is 9.80 Å². The number of amides is 1.